The molecule has 0 saturated heterocycles. The maximum Gasteiger partial charge on any atom is 0.350 e. The van der Waals surface area contributed by atoms with Crippen molar-refractivity contribution in [1.82, 2.24) is 0 Å². The van der Waals surface area contributed by atoms with Crippen LogP contribution in [0, 0.1) is 0 Å². The van der Waals surface area contributed by atoms with E-state index in [0.29, 0.717) is 10.6 Å². The number of hydrogen-bond donors (Lipinski definition) is 1. The van der Waals surface area contributed by atoms with Gasteiger partial charge >= 0.3 is 5.97 Å². The predicted octanol–water partition coefficient (Wildman–Crippen LogP) is 4.11. The number of ether oxygens (including phenoxy) is 1. The highest BCUT2D eigenvalue weighted by Gasteiger charge is 2.21. The summed E-state index contributed by atoms with van der Waals surface area (Å²) in [5.41, 5.74) is 0.418. The molecule has 3 aromatic rings. The summed E-state index contributed by atoms with van der Waals surface area (Å²) in [6.07, 6.45) is 1.42. The molecule has 7 heteroatoms. The second-order valence-corrected chi connectivity index (χ2v) is 6.25. The molecule has 0 aliphatic heterocycles. The Bertz CT molecular complexity index is 788. The molecule has 1 N–H and O–H groups in total. The molecule has 3 rings (SSSR count). The largest absolute Gasteiger partial charge is 0.465 e. The molecule has 0 unspecified atom stereocenters. The topological polar surface area (TPSA) is 68.5 Å². The van der Waals surface area contributed by atoms with Crippen LogP contribution in [0.5, 0.6) is 0 Å². The average Bonchev–Trinajstić information content (AvgIpc) is 3.25. The molecule has 0 aliphatic carbocycles. The molecular formula is C15H11NO4S2. The van der Waals surface area contributed by atoms with Crippen molar-refractivity contribution in [2.75, 3.05) is 12.4 Å². The fraction of sp³-hybridized carbons (Fsp3) is 0.0667. The Morgan fingerprint density at radius 3 is 2.73 bits per heavy atom. The van der Waals surface area contributed by atoms with Crippen molar-refractivity contribution < 1.29 is 18.7 Å². The van der Waals surface area contributed by atoms with Crippen LogP contribution >= 0.6 is 22.7 Å². The Kier molecular flexibility index (Phi) is 4.08. The van der Waals surface area contributed by atoms with Crippen molar-refractivity contribution in [3.8, 4) is 9.75 Å². The average molecular weight is 333 g/mol. The number of hydrogen-bond acceptors (Lipinski definition) is 6. The van der Waals surface area contributed by atoms with Crippen LogP contribution < -0.4 is 5.32 Å². The zero-order valence-electron chi connectivity index (χ0n) is 11.5. The molecule has 3 aromatic heterocycles. The van der Waals surface area contributed by atoms with E-state index in [-0.39, 0.29) is 5.76 Å². The number of carbonyl (C=O) groups is 2. The zero-order chi connectivity index (χ0) is 15.5. The summed E-state index contributed by atoms with van der Waals surface area (Å²) in [7, 11) is 1.31. The quantitative estimate of drug-likeness (QED) is 0.730. The number of carbonyl (C=O) groups excluding carboxylic acids is 2. The lowest BCUT2D eigenvalue weighted by atomic mass is 10.3. The minimum atomic E-state index is -0.484. The normalized spacial score (nSPS) is 10.4. The fourth-order valence-electron chi connectivity index (χ4n) is 1.86. The summed E-state index contributed by atoms with van der Waals surface area (Å²) < 4.78 is 9.83. The molecule has 0 aromatic carbocycles. The lowest BCUT2D eigenvalue weighted by Crippen LogP contribution is -2.13. The van der Waals surface area contributed by atoms with Gasteiger partial charge in [-0.05, 0) is 29.6 Å². The van der Waals surface area contributed by atoms with Crippen LogP contribution in [0.3, 0.4) is 0 Å². The summed E-state index contributed by atoms with van der Waals surface area (Å²) in [5, 5.41) is 4.64. The van der Waals surface area contributed by atoms with Crippen molar-refractivity contribution in [3.05, 3.63) is 52.6 Å². The molecule has 0 fully saturated rings. The fourth-order valence-corrected chi connectivity index (χ4v) is 3.72. The lowest BCUT2D eigenvalue weighted by molar-refractivity contribution is 0.0607. The zero-order valence-corrected chi connectivity index (χ0v) is 13.1. The number of amides is 1. The van der Waals surface area contributed by atoms with Crippen molar-refractivity contribution >= 4 is 40.2 Å². The van der Waals surface area contributed by atoms with Crippen LogP contribution in [-0.2, 0) is 4.74 Å². The molecule has 22 heavy (non-hydrogen) atoms. The number of esters is 1. The number of rotatable bonds is 4. The van der Waals surface area contributed by atoms with Crippen molar-refractivity contribution in [3.63, 3.8) is 0 Å². The van der Waals surface area contributed by atoms with E-state index in [1.54, 1.807) is 29.5 Å². The van der Waals surface area contributed by atoms with Crippen LogP contribution in [0.2, 0.25) is 0 Å². The maximum atomic E-state index is 12.1. The smallest absolute Gasteiger partial charge is 0.350 e. The third-order valence-corrected chi connectivity index (χ3v) is 5.04. The van der Waals surface area contributed by atoms with Crippen molar-refractivity contribution in [2.24, 2.45) is 0 Å². The molecule has 0 aliphatic rings. The van der Waals surface area contributed by atoms with Gasteiger partial charge in [0.15, 0.2) is 5.76 Å². The first-order valence-corrected chi connectivity index (χ1v) is 7.99. The van der Waals surface area contributed by atoms with E-state index < -0.39 is 11.9 Å². The van der Waals surface area contributed by atoms with Gasteiger partial charge in [-0.3, -0.25) is 4.79 Å². The first-order valence-electron chi connectivity index (χ1n) is 6.30. The van der Waals surface area contributed by atoms with Crippen LogP contribution in [0.15, 0.2) is 46.4 Å². The van der Waals surface area contributed by atoms with Gasteiger partial charge < -0.3 is 14.5 Å². The number of anilines is 1. The summed E-state index contributed by atoms with van der Waals surface area (Å²) in [5.74, 6) is -0.715. The lowest BCUT2D eigenvalue weighted by Gasteiger charge is -2.03. The second-order valence-electron chi connectivity index (χ2n) is 4.25. The predicted molar refractivity (Wildman–Crippen MR) is 85.6 cm³/mol. The Balaban J connectivity index is 1.94. The van der Waals surface area contributed by atoms with Crippen LogP contribution in [0.4, 0.5) is 5.69 Å². The molecule has 112 valence electrons. The van der Waals surface area contributed by atoms with E-state index in [4.69, 9.17) is 9.15 Å². The highest BCUT2D eigenvalue weighted by atomic mass is 32.1. The summed E-state index contributed by atoms with van der Waals surface area (Å²) in [6, 6.07) is 8.83. The standard InChI is InChI=1S/C15H11NO4S2/c1-19-15(18)13-9(16-14(17)10-4-2-6-20-10)8-12(22-13)11-5-3-7-21-11/h2-8H,1H3,(H,16,17). The minimum Gasteiger partial charge on any atom is -0.465 e. The maximum absolute atomic E-state index is 12.1. The van der Waals surface area contributed by atoms with Gasteiger partial charge in [0.25, 0.3) is 5.91 Å². The molecule has 0 atom stereocenters. The third-order valence-electron chi connectivity index (χ3n) is 2.86. The van der Waals surface area contributed by atoms with E-state index in [0.717, 1.165) is 9.75 Å². The summed E-state index contributed by atoms with van der Waals surface area (Å²) in [4.78, 5) is 26.3. The molecule has 0 saturated carbocycles. The molecule has 1 amide bonds. The Morgan fingerprint density at radius 2 is 2.09 bits per heavy atom. The number of thiophene rings is 2. The minimum absolute atomic E-state index is 0.180. The van der Waals surface area contributed by atoms with E-state index in [1.165, 1.54) is 24.7 Å². The Labute approximate surface area is 134 Å². The van der Waals surface area contributed by atoms with E-state index in [9.17, 15) is 9.59 Å². The highest BCUT2D eigenvalue weighted by molar-refractivity contribution is 7.22. The van der Waals surface area contributed by atoms with E-state index in [2.05, 4.69) is 5.32 Å². The number of nitrogens with one attached hydrogen (secondary N) is 1. The van der Waals surface area contributed by atoms with Gasteiger partial charge in [-0.25, -0.2) is 4.79 Å². The SMILES string of the molecule is COC(=O)c1sc(-c2cccs2)cc1NC(=O)c1ccco1. The van der Waals surface area contributed by atoms with Gasteiger partial charge in [-0.15, -0.1) is 22.7 Å². The first kappa shape index (κ1) is 14.6. The van der Waals surface area contributed by atoms with Gasteiger partial charge in [0.05, 0.1) is 19.1 Å². The summed E-state index contributed by atoms with van der Waals surface area (Å²) in [6.45, 7) is 0. The van der Waals surface area contributed by atoms with Crippen LogP contribution in [-0.4, -0.2) is 19.0 Å². The molecule has 5 nitrogen and oxygen atoms in total. The summed E-state index contributed by atoms with van der Waals surface area (Å²) >= 11 is 2.84. The van der Waals surface area contributed by atoms with Gasteiger partial charge in [-0.1, -0.05) is 6.07 Å². The van der Waals surface area contributed by atoms with Gasteiger partial charge in [0.1, 0.15) is 4.88 Å². The molecular weight excluding hydrogens is 322 g/mol. The monoisotopic (exact) mass is 333 g/mol. The highest BCUT2D eigenvalue weighted by Crippen LogP contribution is 2.37. The molecule has 3 heterocycles. The van der Waals surface area contributed by atoms with Gasteiger partial charge in [-0.2, -0.15) is 0 Å². The molecule has 0 spiro atoms. The van der Waals surface area contributed by atoms with Crippen molar-refractivity contribution in [2.45, 2.75) is 0 Å². The molecule has 0 bridgehead atoms. The number of methoxy groups -OCH3 is 1. The van der Waals surface area contributed by atoms with Crippen molar-refractivity contribution in [1.29, 1.82) is 0 Å². The van der Waals surface area contributed by atoms with Crippen LogP contribution in [0.1, 0.15) is 20.2 Å². The van der Waals surface area contributed by atoms with Crippen LogP contribution in [0.25, 0.3) is 9.75 Å². The Morgan fingerprint density at radius 1 is 1.23 bits per heavy atom. The van der Waals surface area contributed by atoms with Gasteiger partial charge in [0.2, 0.25) is 0 Å². The molecule has 0 radical (unpaired) electrons. The first-order chi connectivity index (χ1) is 10.7. The van der Waals surface area contributed by atoms with E-state index in [1.807, 2.05) is 17.5 Å². The number of furan rings is 1. The Hall–Kier alpha value is -2.38. The van der Waals surface area contributed by atoms with E-state index >= 15 is 0 Å². The van der Waals surface area contributed by atoms with Gasteiger partial charge in [0, 0.05) is 9.75 Å². The third kappa shape index (κ3) is 2.81. The second kappa shape index (κ2) is 6.17.